The van der Waals surface area contributed by atoms with Crippen LogP contribution >= 0.6 is 11.6 Å². The van der Waals surface area contributed by atoms with Gasteiger partial charge in [0.1, 0.15) is 5.60 Å². The van der Waals surface area contributed by atoms with Crippen LogP contribution in [0.25, 0.3) is 0 Å². The number of ether oxygens (including phenoxy) is 2. The maximum Gasteiger partial charge on any atom is 0.254 e. The second kappa shape index (κ2) is 7.66. The molecule has 0 aromatic heterocycles. The Morgan fingerprint density at radius 2 is 2.21 bits per heavy atom. The Morgan fingerprint density at radius 3 is 3.00 bits per heavy atom. The molecule has 2 saturated heterocycles. The minimum Gasteiger partial charge on any atom is -0.377 e. The van der Waals surface area contributed by atoms with Gasteiger partial charge < -0.3 is 14.4 Å². The molecule has 2 aliphatic rings. The van der Waals surface area contributed by atoms with Crippen LogP contribution < -0.4 is 0 Å². The van der Waals surface area contributed by atoms with Crippen molar-refractivity contribution in [2.24, 2.45) is 0 Å². The van der Waals surface area contributed by atoms with Crippen LogP contribution in [0.2, 0.25) is 5.02 Å². The molecule has 1 atom stereocenters. The molecule has 0 N–H and O–H groups in total. The Balaban J connectivity index is 1.75. The molecular weight excluding hydrogens is 328 g/mol. The molecule has 2 heterocycles. The summed E-state index contributed by atoms with van der Waals surface area (Å²) in [7, 11) is 0. The number of carbonyl (C=O) groups is 1. The number of rotatable bonds is 3. The Kier molecular flexibility index (Phi) is 5.56. The first-order valence-corrected chi connectivity index (χ1v) is 8.59. The van der Waals surface area contributed by atoms with E-state index in [1.54, 1.807) is 24.3 Å². The molecule has 0 saturated carbocycles. The number of benzene rings is 1. The third-order valence-electron chi connectivity index (χ3n) is 4.42. The molecule has 130 valence electrons. The lowest BCUT2D eigenvalue weighted by molar-refractivity contribution is -0.132. The fourth-order valence-corrected chi connectivity index (χ4v) is 3.52. The van der Waals surface area contributed by atoms with Gasteiger partial charge >= 0.3 is 0 Å². The quantitative estimate of drug-likeness (QED) is 0.783. The van der Waals surface area contributed by atoms with Crippen molar-refractivity contribution in [1.29, 1.82) is 0 Å². The summed E-state index contributed by atoms with van der Waals surface area (Å²) in [6.07, 6.45) is 1.89. The Morgan fingerprint density at radius 1 is 1.33 bits per heavy atom. The predicted molar refractivity (Wildman–Crippen MR) is 93.5 cm³/mol. The zero-order valence-electron chi connectivity index (χ0n) is 13.7. The molecule has 1 amide bonds. The molecular formula is C18H23ClN2O3. The average Bonchev–Trinajstić information content (AvgIpc) is 2.77. The number of nitrogens with zero attached hydrogens (tertiary/aromatic N) is 2. The smallest absolute Gasteiger partial charge is 0.254 e. The number of carbonyl (C=O) groups excluding carboxylic acids is 1. The molecule has 1 spiro atoms. The Hall–Kier alpha value is -1.40. The van der Waals surface area contributed by atoms with Crippen LogP contribution in [0, 0.1) is 0 Å². The third kappa shape index (κ3) is 3.98. The molecule has 0 radical (unpaired) electrons. The highest BCUT2D eigenvalue weighted by atomic mass is 35.5. The normalized spacial score (nSPS) is 25.5. The van der Waals surface area contributed by atoms with Crippen molar-refractivity contribution in [2.75, 3.05) is 52.5 Å². The van der Waals surface area contributed by atoms with Gasteiger partial charge in [-0.2, -0.15) is 0 Å². The van der Waals surface area contributed by atoms with Crippen LogP contribution in [0.4, 0.5) is 0 Å². The topological polar surface area (TPSA) is 42.0 Å². The van der Waals surface area contributed by atoms with Crippen LogP contribution in [-0.4, -0.2) is 73.9 Å². The highest BCUT2D eigenvalue weighted by Gasteiger charge is 2.41. The summed E-state index contributed by atoms with van der Waals surface area (Å²) in [5.41, 5.74) is 0.128. The zero-order chi connectivity index (χ0) is 17.0. The van der Waals surface area contributed by atoms with Gasteiger partial charge in [0.2, 0.25) is 0 Å². The van der Waals surface area contributed by atoms with E-state index < -0.39 is 5.60 Å². The number of hydrogen-bond acceptors (Lipinski definition) is 4. The fourth-order valence-electron chi connectivity index (χ4n) is 3.33. The van der Waals surface area contributed by atoms with Crippen molar-refractivity contribution in [1.82, 2.24) is 9.80 Å². The van der Waals surface area contributed by atoms with E-state index in [1.165, 1.54) is 0 Å². The number of halogens is 1. The lowest BCUT2D eigenvalue weighted by Crippen LogP contribution is -2.59. The van der Waals surface area contributed by atoms with Gasteiger partial charge in [-0.25, -0.2) is 0 Å². The van der Waals surface area contributed by atoms with Crippen LogP contribution in [0.3, 0.4) is 0 Å². The van der Waals surface area contributed by atoms with Crippen molar-refractivity contribution >= 4 is 17.5 Å². The van der Waals surface area contributed by atoms with Gasteiger partial charge in [0.25, 0.3) is 5.91 Å². The summed E-state index contributed by atoms with van der Waals surface area (Å²) < 4.78 is 11.8. The molecule has 3 rings (SSSR count). The standard InChI is InChI=1S/C18H23ClN2O3/c1-2-6-20-7-9-23-14-18(12-20)13-21(8-10-24-18)17(22)15-4-3-5-16(19)11-15/h2-5,11H,1,6-10,12-14H2. The van der Waals surface area contributed by atoms with E-state index in [-0.39, 0.29) is 5.91 Å². The van der Waals surface area contributed by atoms with Gasteiger partial charge in [-0.15, -0.1) is 6.58 Å². The Bertz CT molecular complexity index is 610. The minimum atomic E-state index is -0.480. The summed E-state index contributed by atoms with van der Waals surface area (Å²) in [6, 6.07) is 7.07. The summed E-state index contributed by atoms with van der Waals surface area (Å²) in [5, 5.41) is 0.568. The first-order chi connectivity index (χ1) is 11.6. The molecule has 2 fully saturated rings. The van der Waals surface area contributed by atoms with E-state index in [4.69, 9.17) is 21.1 Å². The molecule has 1 unspecified atom stereocenters. The van der Waals surface area contributed by atoms with Crippen LogP contribution in [0.15, 0.2) is 36.9 Å². The predicted octanol–water partition coefficient (Wildman–Crippen LogP) is 2.07. The molecule has 1 aromatic rings. The highest BCUT2D eigenvalue weighted by Crippen LogP contribution is 2.24. The van der Waals surface area contributed by atoms with Gasteiger partial charge in [-0.3, -0.25) is 9.69 Å². The van der Waals surface area contributed by atoms with Crippen LogP contribution in [-0.2, 0) is 9.47 Å². The van der Waals surface area contributed by atoms with Gasteiger partial charge in [-0.05, 0) is 18.2 Å². The lowest BCUT2D eigenvalue weighted by atomic mass is 10.0. The second-order valence-corrected chi connectivity index (χ2v) is 6.78. The zero-order valence-corrected chi connectivity index (χ0v) is 14.5. The van der Waals surface area contributed by atoms with E-state index in [1.807, 2.05) is 11.0 Å². The van der Waals surface area contributed by atoms with Crippen LogP contribution in [0.1, 0.15) is 10.4 Å². The monoisotopic (exact) mass is 350 g/mol. The molecule has 1 aromatic carbocycles. The van der Waals surface area contributed by atoms with E-state index in [9.17, 15) is 4.79 Å². The summed E-state index contributed by atoms with van der Waals surface area (Å²) in [4.78, 5) is 16.9. The van der Waals surface area contributed by atoms with Crippen LogP contribution in [0.5, 0.6) is 0 Å². The van der Waals surface area contributed by atoms with E-state index in [0.29, 0.717) is 43.5 Å². The van der Waals surface area contributed by atoms with Gasteiger partial charge in [0, 0.05) is 36.8 Å². The summed E-state index contributed by atoms with van der Waals surface area (Å²) in [6.45, 7) is 8.96. The largest absolute Gasteiger partial charge is 0.377 e. The minimum absolute atomic E-state index is 0.0142. The number of morpholine rings is 1. The first kappa shape index (κ1) is 17.4. The van der Waals surface area contributed by atoms with Gasteiger partial charge in [0.15, 0.2) is 0 Å². The van der Waals surface area contributed by atoms with E-state index in [0.717, 1.165) is 19.6 Å². The SMILES string of the molecule is C=CCN1CCOCC2(C1)CN(C(=O)c1cccc(Cl)c1)CCO2. The lowest BCUT2D eigenvalue weighted by Gasteiger charge is -2.43. The van der Waals surface area contributed by atoms with Crippen molar-refractivity contribution < 1.29 is 14.3 Å². The molecule has 6 heteroatoms. The summed E-state index contributed by atoms with van der Waals surface area (Å²) in [5.74, 6) is -0.0142. The maximum atomic E-state index is 12.8. The van der Waals surface area contributed by atoms with Crippen molar-refractivity contribution in [3.63, 3.8) is 0 Å². The van der Waals surface area contributed by atoms with E-state index in [2.05, 4.69) is 11.5 Å². The van der Waals surface area contributed by atoms with Crippen molar-refractivity contribution in [3.05, 3.63) is 47.5 Å². The highest BCUT2D eigenvalue weighted by molar-refractivity contribution is 6.30. The fraction of sp³-hybridized carbons (Fsp3) is 0.500. The first-order valence-electron chi connectivity index (χ1n) is 8.22. The molecule has 2 aliphatic heterocycles. The average molecular weight is 351 g/mol. The third-order valence-corrected chi connectivity index (χ3v) is 4.66. The van der Waals surface area contributed by atoms with Gasteiger partial charge in [0.05, 0.1) is 26.4 Å². The Labute approximate surface area is 147 Å². The number of hydrogen-bond donors (Lipinski definition) is 0. The maximum absolute atomic E-state index is 12.8. The summed E-state index contributed by atoms with van der Waals surface area (Å²) >= 11 is 6.01. The molecule has 24 heavy (non-hydrogen) atoms. The molecule has 0 aliphatic carbocycles. The second-order valence-electron chi connectivity index (χ2n) is 6.34. The number of amides is 1. The van der Waals surface area contributed by atoms with E-state index >= 15 is 0 Å². The van der Waals surface area contributed by atoms with Crippen molar-refractivity contribution in [2.45, 2.75) is 5.60 Å². The van der Waals surface area contributed by atoms with Gasteiger partial charge in [-0.1, -0.05) is 23.7 Å². The molecule has 0 bridgehead atoms. The molecule has 5 nitrogen and oxygen atoms in total. The van der Waals surface area contributed by atoms with Crippen molar-refractivity contribution in [3.8, 4) is 0 Å².